The first-order valence-electron chi connectivity index (χ1n) is 9.17. The van der Waals surface area contributed by atoms with Crippen LogP contribution in [0.1, 0.15) is 47.4 Å². The number of nitrogens with zero attached hydrogens (tertiary/aromatic N) is 1. The van der Waals surface area contributed by atoms with E-state index in [4.69, 9.17) is 0 Å². The minimum atomic E-state index is -0.217. The van der Waals surface area contributed by atoms with Gasteiger partial charge in [-0.15, -0.1) is 0 Å². The average Bonchev–Trinajstić information content (AvgIpc) is 3.42. The van der Waals surface area contributed by atoms with Gasteiger partial charge >= 0.3 is 0 Å². The summed E-state index contributed by atoms with van der Waals surface area (Å²) >= 11 is 0. The zero-order valence-corrected chi connectivity index (χ0v) is 15.4. The summed E-state index contributed by atoms with van der Waals surface area (Å²) in [5.41, 5.74) is 4.06. The van der Waals surface area contributed by atoms with Crippen LogP contribution in [0.4, 0.5) is 5.69 Å². The van der Waals surface area contributed by atoms with Crippen LogP contribution in [0.2, 0.25) is 0 Å². The zero-order valence-electron chi connectivity index (χ0n) is 15.4. The van der Waals surface area contributed by atoms with E-state index in [0.717, 1.165) is 40.6 Å². The van der Waals surface area contributed by atoms with Gasteiger partial charge < -0.3 is 10.6 Å². The third-order valence-corrected chi connectivity index (χ3v) is 4.91. The molecule has 6 heteroatoms. The van der Waals surface area contributed by atoms with Crippen molar-refractivity contribution < 1.29 is 9.59 Å². The summed E-state index contributed by atoms with van der Waals surface area (Å²) in [5.74, 6) is 0.0467. The van der Waals surface area contributed by atoms with Crippen molar-refractivity contribution in [3.63, 3.8) is 0 Å². The highest BCUT2D eigenvalue weighted by Crippen LogP contribution is 2.30. The molecule has 2 aromatic carbocycles. The summed E-state index contributed by atoms with van der Waals surface area (Å²) in [7, 11) is 0. The van der Waals surface area contributed by atoms with Crippen molar-refractivity contribution in [2.75, 3.05) is 5.32 Å². The van der Waals surface area contributed by atoms with E-state index in [1.165, 1.54) is 0 Å². The highest BCUT2D eigenvalue weighted by Gasteiger charge is 2.29. The maximum absolute atomic E-state index is 12.7. The monoisotopic (exact) mass is 362 g/mol. The Morgan fingerprint density at radius 1 is 1.15 bits per heavy atom. The normalized spacial score (nSPS) is 14.7. The smallest absolute Gasteiger partial charge is 0.272 e. The third-order valence-electron chi connectivity index (χ3n) is 4.91. The molecule has 4 rings (SSSR count). The Labute approximate surface area is 157 Å². The Morgan fingerprint density at radius 2 is 1.89 bits per heavy atom. The molecular formula is C21H22N4O2. The fourth-order valence-electron chi connectivity index (χ4n) is 3.09. The van der Waals surface area contributed by atoms with E-state index in [9.17, 15) is 9.59 Å². The molecule has 27 heavy (non-hydrogen) atoms. The van der Waals surface area contributed by atoms with Gasteiger partial charge in [0.2, 0.25) is 5.91 Å². The lowest BCUT2D eigenvalue weighted by molar-refractivity contribution is -0.117. The van der Waals surface area contributed by atoms with Crippen molar-refractivity contribution in [1.29, 1.82) is 0 Å². The molecule has 0 radical (unpaired) electrons. The number of rotatable bonds is 5. The number of hydrogen-bond donors (Lipinski definition) is 3. The molecule has 0 aliphatic heterocycles. The lowest BCUT2D eigenvalue weighted by Crippen LogP contribution is -2.27. The van der Waals surface area contributed by atoms with Gasteiger partial charge in [0, 0.05) is 17.0 Å². The number of aromatic nitrogens is 2. The number of carbonyl (C=O) groups excluding carboxylic acids is 2. The molecule has 1 aliphatic rings. The largest absolute Gasteiger partial charge is 0.344 e. The minimum absolute atomic E-state index is 0.0878. The summed E-state index contributed by atoms with van der Waals surface area (Å²) in [4.78, 5) is 24.5. The second-order valence-electron chi connectivity index (χ2n) is 7.20. The van der Waals surface area contributed by atoms with Crippen LogP contribution in [0, 0.1) is 12.8 Å². The number of carbonyl (C=O) groups is 2. The van der Waals surface area contributed by atoms with Crippen molar-refractivity contribution in [3.8, 4) is 0 Å². The molecule has 3 N–H and O–H groups in total. The molecule has 1 fully saturated rings. The lowest BCUT2D eigenvalue weighted by Gasteiger charge is -2.14. The van der Waals surface area contributed by atoms with Gasteiger partial charge in [0.15, 0.2) is 5.69 Å². The van der Waals surface area contributed by atoms with Crippen LogP contribution in [-0.2, 0) is 4.79 Å². The predicted octanol–water partition coefficient (Wildman–Crippen LogP) is 3.71. The average molecular weight is 362 g/mol. The van der Waals surface area contributed by atoms with Crippen LogP contribution in [0.25, 0.3) is 10.9 Å². The molecule has 1 heterocycles. The number of aromatic amines is 1. The molecule has 0 saturated heterocycles. The quantitative estimate of drug-likeness (QED) is 0.647. The van der Waals surface area contributed by atoms with Crippen LogP contribution in [0.5, 0.6) is 0 Å². The second-order valence-corrected chi connectivity index (χ2v) is 7.20. The molecular weight excluding hydrogens is 340 g/mol. The topological polar surface area (TPSA) is 86.9 Å². The van der Waals surface area contributed by atoms with Gasteiger partial charge in [-0.2, -0.15) is 5.10 Å². The van der Waals surface area contributed by atoms with E-state index in [2.05, 4.69) is 20.8 Å². The zero-order chi connectivity index (χ0) is 19.0. The maximum Gasteiger partial charge on any atom is 0.272 e. The van der Waals surface area contributed by atoms with Gasteiger partial charge in [-0.1, -0.05) is 23.8 Å². The SMILES string of the molecule is Cc1ccc2[nH]nc(C(=O)NC(C)c3ccc(NC(=O)C4CC4)cc3)c2c1. The molecule has 1 saturated carbocycles. The first-order chi connectivity index (χ1) is 13.0. The molecule has 138 valence electrons. The van der Waals surface area contributed by atoms with Crippen LogP contribution in [0.3, 0.4) is 0 Å². The number of amides is 2. The predicted molar refractivity (Wildman–Crippen MR) is 105 cm³/mol. The van der Waals surface area contributed by atoms with Crippen LogP contribution < -0.4 is 10.6 Å². The van der Waals surface area contributed by atoms with Crippen LogP contribution >= 0.6 is 0 Å². The van der Waals surface area contributed by atoms with E-state index >= 15 is 0 Å². The first kappa shape index (κ1) is 17.3. The van der Waals surface area contributed by atoms with E-state index in [1.54, 1.807) is 0 Å². The van der Waals surface area contributed by atoms with Gasteiger partial charge in [-0.25, -0.2) is 0 Å². The molecule has 0 bridgehead atoms. The molecule has 3 aromatic rings. The van der Waals surface area contributed by atoms with Gasteiger partial charge in [0.25, 0.3) is 5.91 Å². The standard InChI is InChI=1S/C21H22N4O2/c1-12-3-10-18-17(11-12)19(25-24-18)21(27)22-13(2)14-6-8-16(9-7-14)23-20(26)15-4-5-15/h3,6-11,13,15H,4-5H2,1-2H3,(H,22,27)(H,23,26)(H,24,25). The lowest BCUT2D eigenvalue weighted by atomic mass is 10.1. The number of benzene rings is 2. The van der Waals surface area contributed by atoms with Gasteiger partial charge in [0.05, 0.1) is 11.6 Å². The second kappa shape index (κ2) is 6.87. The van der Waals surface area contributed by atoms with Crippen LogP contribution in [0.15, 0.2) is 42.5 Å². The number of hydrogen-bond acceptors (Lipinski definition) is 3. The molecule has 2 amide bonds. The van der Waals surface area contributed by atoms with Crippen molar-refractivity contribution in [1.82, 2.24) is 15.5 Å². The first-order valence-corrected chi connectivity index (χ1v) is 9.17. The van der Waals surface area contributed by atoms with Crippen molar-refractivity contribution >= 4 is 28.4 Å². The van der Waals surface area contributed by atoms with E-state index in [0.29, 0.717) is 5.69 Å². The fraction of sp³-hybridized carbons (Fsp3) is 0.286. The Hall–Kier alpha value is -3.15. The van der Waals surface area contributed by atoms with E-state index in [1.807, 2.05) is 56.3 Å². The van der Waals surface area contributed by atoms with Crippen molar-refractivity contribution in [3.05, 3.63) is 59.3 Å². The van der Waals surface area contributed by atoms with Gasteiger partial charge in [-0.05, 0) is 56.5 Å². The number of anilines is 1. The molecule has 1 aliphatic carbocycles. The van der Waals surface area contributed by atoms with Crippen molar-refractivity contribution in [2.24, 2.45) is 5.92 Å². The summed E-state index contributed by atoms with van der Waals surface area (Å²) in [6.45, 7) is 3.91. The summed E-state index contributed by atoms with van der Waals surface area (Å²) in [5, 5.41) is 13.8. The number of H-pyrrole nitrogens is 1. The highest BCUT2D eigenvalue weighted by atomic mass is 16.2. The number of nitrogens with one attached hydrogen (secondary N) is 3. The fourth-order valence-corrected chi connectivity index (χ4v) is 3.09. The Balaban J connectivity index is 1.44. The summed E-state index contributed by atoms with van der Waals surface area (Å²) < 4.78 is 0. The Kier molecular flexibility index (Phi) is 4.39. The summed E-state index contributed by atoms with van der Waals surface area (Å²) in [6, 6.07) is 13.2. The van der Waals surface area contributed by atoms with Gasteiger partial charge in [-0.3, -0.25) is 14.7 Å². The van der Waals surface area contributed by atoms with E-state index in [-0.39, 0.29) is 23.8 Å². The van der Waals surface area contributed by atoms with Crippen LogP contribution in [-0.4, -0.2) is 22.0 Å². The Bertz CT molecular complexity index is 1000. The number of aryl methyl sites for hydroxylation is 1. The molecule has 0 spiro atoms. The molecule has 1 unspecified atom stereocenters. The Morgan fingerprint density at radius 3 is 2.59 bits per heavy atom. The molecule has 1 atom stereocenters. The molecule has 6 nitrogen and oxygen atoms in total. The number of fused-ring (bicyclic) bond motifs is 1. The third kappa shape index (κ3) is 3.69. The van der Waals surface area contributed by atoms with Gasteiger partial charge in [0.1, 0.15) is 0 Å². The summed E-state index contributed by atoms with van der Waals surface area (Å²) in [6.07, 6.45) is 1.96. The molecule has 1 aromatic heterocycles. The minimum Gasteiger partial charge on any atom is -0.344 e. The van der Waals surface area contributed by atoms with Crippen molar-refractivity contribution in [2.45, 2.75) is 32.7 Å². The highest BCUT2D eigenvalue weighted by molar-refractivity contribution is 6.05. The maximum atomic E-state index is 12.7. The van der Waals surface area contributed by atoms with E-state index < -0.39 is 0 Å².